The summed E-state index contributed by atoms with van der Waals surface area (Å²) in [6.07, 6.45) is 1.42. The number of hydrogen-bond acceptors (Lipinski definition) is 6. The van der Waals surface area contributed by atoms with Gasteiger partial charge in [-0.25, -0.2) is 0 Å². The summed E-state index contributed by atoms with van der Waals surface area (Å²) in [5.74, 6) is -1.19. The molecule has 1 fully saturated rings. The van der Waals surface area contributed by atoms with Crippen molar-refractivity contribution in [3.05, 3.63) is 12.2 Å². The number of rotatable bonds is 8. The first-order valence-electron chi connectivity index (χ1n) is 7.91. The van der Waals surface area contributed by atoms with Crippen LogP contribution in [0.5, 0.6) is 0 Å². The third-order valence-electron chi connectivity index (χ3n) is 4.38. The van der Waals surface area contributed by atoms with E-state index < -0.39 is 24.6 Å². The van der Waals surface area contributed by atoms with E-state index in [1.165, 1.54) is 14.0 Å². The smallest absolute Gasteiger partial charge is 0.344 e. The van der Waals surface area contributed by atoms with E-state index >= 15 is 0 Å². The third kappa shape index (κ3) is 3.93. The van der Waals surface area contributed by atoms with Crippen molar-refractivity contribution in [3.8, 4) is 0 Å². The predicted molar refractivity (Wildman–Crippen MR) is 87.4 cm³/mol. The molecule has 0 amide bonds. The van der Waals surface area contributed by atoms with Crippen LogP contribution in [0, 0.1) is 5.92 Å². The summed E-state index contributed by atoms with van der Waals surface area (Å²) >= 11 is 0. The first-order valence-corrected chi connectivity index (χ1v) is 9.45. The van der Waals surface area contributed by atoms with Gasteiger partial charge in [0.25, 0.3) is 0 Å². The Labute approximate surface area is 138 Å². The fourth-order valence-corrected chi connectivity index (χ4v) is 6.00. The molecular weight excluding hydrogens is 319 g/mol. The quantitative estimate of drug-likeness (QED) is 0.380. The maximum absolute atomic E-state index is 13.5. The molecule has 0 aromatic heterocycles. The van der Waals surface area contributed by atoms with Gasteiger partial charge in [-0.3, -0.25) is 14.2 Å². The highest BCUT2D eigenvalue weighted by molar-refractivity contribution is 7.57. The number of Topliss-reactive ketones (excluding diaryl/α,β-unsaturated/α-hetero) is 1. The lowest BCUT2D eigenvalue weighted by Gasteiger charge is -2.45. The van der Waals surface area contributed by atoms with Gasteiger partial charge in [0.05, 0.1) is 20.3 Å². The van der Waals surface area contributed by atoms with Crippen molar-refractivity contribution in [2.75, 3.05) is 20.3 Å². The number of methoxy groups -OCH3 is 1. The minimum absolute atomic E-state index is 0.00744. The van der Waals surface area contributed by atoms with E-state index in [0.717, 1.165) is 5.57 Å². The van der Waals surface area contributed by atoms with Crippen LogP contribution in [0.25, 0.3) is 0 Å². The molecule has 1 aliphatic carbocycles. The molecule has 0 saturated heterocycles. The molecule has 23 heavy (non-hydrogen) atoms. The number of ether oxygens (including phenoxy) is 1. The van der Waals surface area contributed by atoms with E-state index in [1.807, 2.05) is 0 Å². The minimum atomic E-state index is -3.76. The Kier molecular flexibility index (Phi) is 7.18. The van der Waals surface area contributed by atoms with Crippen molar-refractivity contribution in [1.29, 1.82) is 0 Å². The zero-order valence-electron chi connectivity index (χ0n) is 14.4. The van der Waals surface area contributed by atoms with E-state index in [-0.39, 0.29) is 31.8 Å². The Morgan fingerprint density at radius 3 is 2.30 bits per heavy atom. The van der Waals surface area contributed by atoms with Gasteiger partial charge in [0.1, 0.15) is 10.9 Å². The van der Waals surface area contributed by atoms with Gasteiger partial charge in [0.15, 0.2) is 0 Å². The fourth-order valence-electron chi connectivity index (χ4n) is 3.32. The summed E-state index contributed by atoms with van der Waals surface area (Å²) in [4.78, 5) is 24.4. The molecule has 0 bridgehead atoms. The molecule has 0 aromatic carbocycles. The molecule has 1 aliphatic rings. The molecule has 0 aromatic rings. The Balaban J connectivity index is 3.42. The van der Waals surface area contributed by atoms with Crippen molar-refractivity contribution in [3.63, 3.8) is 0 Å². The van der Waals surface area contributed by atoms with Gasteiger partial charge in [-0.2, -0.15) is 0 Å². The molecule has 7 heteroatoms. The molecule has 0 heterocycles. The summed E-state index contributed by atoms with van der Waals surface area (Å²) in [5, 5.41) is -1.37. The summed E-state index contributed by atoms with van der Waals surface area (Å²) in [7, 11) is -2.46. The number of ketones is 1. The van der Waals surface area contributed by atoms with Crippen molar-refractivity contribution in [2.24, 2.45) is 5.92 Å². The number of allylic oxidation sites excluding steroid dienone is 1. The maximum atomic E-state index is 13.5. The standard InChI is InChI=1S/C16H27O6P/c1-6-21-23(19,22-7-2)16(13(4)17)11-12(3)8-9-14(16)10-15(18)20-5/h14H,3,6-11H2,1-2,4-5H3. The van der Waals surface area contributed by atoms with Crippen LogP contribution in [-0.2, 0) is 27.9 Å². The monoisotopic (exact) mass is 346 g/mol. The van der Waals surface area contributed by atoms with Crippen molar-refractivity contribution >= 4 is 19.3 Å². The van der Waals surface area contributed by atoms with Gasteiger partial charge in [-0.05, 0) is 46.0 Å². The molecule has 0 radical (unpaired) electrons. The second-order valence-electron chi connectivity index (χ2n) is 5.76. The van der Waals surface area contributed by atoms with Gasteiger partial charge in [0.2, 0.25) is 0 Å². The Morgan fingerprint density at radius 1 is 1.30 bits per heavy atom. The second-order valence-corrected chi connectivity index (χ2v) is 8.07. The lowest BCUT2D eigenvalue weighted by molar-refractivity contribution is -0.142. The van der Waals surface area contributed by atoms with Gasteiger partial charge >= 0.3 is 13.6 Å². The molecule has 1 rings (SSSR count). The van der Waals surface area contributed by atoms with Crippen LogP contribution in [0.2, 0.25) is 0 Å². The Morgan fingerprint density at radius 2 is 1.87 bits per heavy atom. The highest BCUT2D eigenvalue weighted by atomic mass is 31.2. The average molecular weight is 346 g/mol. The van der Waals surface area contributed by atoms with Crippen LogP contribution >= 0.6 is 7.60 Å². The first kappa shape index (κ1) is 20.1. The van der Waals surface area contributed by atoms with E-state index in [2.05, 4.69) is 6.58 Å². The lowest BCUT2D eigenvalue weighted by Crippen LogP contribution is -2.49. The highest BCUT2D eigenvalue weighted by Crippen LogP contribution is 2.68. The Bertz CT molecular complexity index is 505. The molecule has 0 aliphatic heterocycles. The van der Waals surface area contributed by atoms with Gasteiger partial charge < -0.3 is 13.8 Å². The largest absolute Gasteiger partial charge is 0.469 e. The van der Waals surface area contributed by atoms with Crippen LogP contribution in [-0.4, -0.2) is 37.2 Å². The van der Waals surface area contributed by atoms with Gasteiger partial charge in [-0.1, -0.05) is 12.2 Å². The van der Waals surface area contributed by atoms with Crippen molar-refractivity contribution in [2.45, 2.75) is 51.6 Å². The fraction of sp³-hybridized carbons (Fsp3) is 0.750. The van der Waals surface area contributed by atoms with Crippen molar-refractivity contribution < 1.29 is 27.9 Å². The predicted octanol–water partition coefficient (Wildman–Crippen LogP) is 3.50. The molecule has 2 unspecified atom stereocenters. The number of carbonyl (C=O) groups excluding carboxylic acids is 2. The zero-order chi connectivity index (χ0) is 17.7. The molecular formula is C16H27O6P. The molecule has 0 spiro atoms. The molecule has 2 atom stereocenters. The second kappa shape index (κ2) is 8.22. The maximum Gasteiger partial charge on any atom is 0.344 e. The topological polar surface area (TPSA) is 78.9 Å². The van der Waals surface area contributed by atoms with E-state index in [1.54, 1.807) is 13.8 Å². The third-order valence-corrected chi connectivity index (χ3v) is 7.39. The zero-order valence-corrected chi connectivity index (χ0v) is 15.3. The highest BCUT2D eigenvalue weighted by Gasteiger charge is 2.61. The minimum Gasteiger partial charge on any atom is -0.469 e. The van der Waals surface area contributed by atoms with Crippen LogP contribution in [0.1, 0.15) is 46.5 Å². The molecule has 6 nitrogen and oxygen atoms in total. The van der Waals surface area contributed by atoms with Crippen LogP contribution < -0.4 is 0 Å². The number of carbonyl (C=O) groups is 2. The van der Waals surface area contributed by atoms with Crippen LogP contribution in [0.15, 0.2) is 12.2 Å². The van der Waals surface area contributed by atoms with E-state index in [9.17, 15) is 14.2 Å². The van der Waals surface area contributed by atoms with Gasteiger partial charge in [0, 0.05) is 6.42 Å². The Hall–Kier alpha value is -0.970. The van der Waals surface area contributed by atoms with E-state index in [0.29, 0.717) is 12.8 Å². The summed E-state index contributed by atoms with van der Waals surface area (Å²) < 4.78 is 29.2. The SMILES string of the molecule is C=C1CCC(CC(=O)OC)C(C(C)=O)(P(=O)(OCC)OCC)C1. The average Bonchev–Trinajstić information content (AvgIpc) is 2.48. The summed E-state index contributed by atoms with van der Waals surface area (Å²) in [5.41, 5.74) is 0.820. The molecule has 0 N–H and O–H groups in total. The van der Waals surface area contributed by atoms with E-state index in [4.69, 9.17) is 13.8 Å². The number of hydrogen-bond donors (Lipinski definition) is 0. The lowest BCUT2D eigenvalue weighted by atomic mass is 9.73. The summed E-state index contributed by atoms with van der Waals surface area (Å²) in [6, 6.07) is 0. The number of esters is 1. The first-order chi connectivity index (χ1) is 10.8. The van der Waals surface area contributed by atoms with Crippen LogP contribution in [0.4, 0.5) is 0 Å². The van der Waals surface area contributed by atoms with Gasteiger partial charge in [-0.15, -0.1) is 0 Å². The summed E-state index contributed by atoms with van der Waals surface area (Å²) in [6.45, 7) is 9.06. The van der Waals surface area contributed by atoms with Crippen LogP contribution in [0.3, 0.4) is 0 Å². The molecule has 132 valence electrons. The van der Waals surface area contributed by atoms with Crippen molar-refractivity contribution in [1.82, 2.24) is 0 Å². The normalized spacial score (nSPS) is 25.2. The molecule has 1 saturated carbocycles.